The largest absolute Gasteiger partial charge is 0.493 e. The smallest absolute Gasteiger partial charge is 0.122 e. The Morgan fingerprint density at radius 1 is 1.44 bits per heavy atom. The van der Waals surface area contributed by atoms with E-state index < -0.39 is 0 Å². The topological polar surface area (TPSA) is 34.1 Å². The fourth-order valence-corrected chi connectivity index (χ4v) is 1.42. The molecule has 0 aliphatic heterocycles. The number of unbranched alkanes of at least 4 members (excludes halogenated alkanes) is 1. The molecule has 0 bridgehead atoms. The van der Waals surface area contributed by atoms with Crippen LogP contribution in [0.3, 0.4) is 0 Å². The van der Waals surface area contributed by atoms with Gasteiger partial charge >= 0.3 is 0 Å². The number of hydrogen-bond donors (Lipinski definition) is 1. The Labute approximate surface area is 110 Å². The molecule has 100 valence electrons. The zero-order chi connectivity index (χ0) is 13.4. The lowest BCUT2D eigenvalue weighted by atomic mass is 10.1. The molecule has 0 saturated heterocycles. The zero-order valence-electron chi connectivity index (χ0n) is 11.7. The minimum atomic E-state index is 0.0997. The number of nitrogens with zero attached hydrogens (tertiary/aromatic N) is 1. The van der Waals surface area contributed by atoms with Gasteiger partial charge in [-0.1, -0.05) is 6.08 Å². The summed E-state index contributed by atoms with van der Waals surface area (Å²) in [5.41, 5.74) is 1.11. The van der Waals surface area contributed by atoms with Gasteiger partial charge in [-0.15, -0.1) is 6.58 Å². The van der Waals surface area contributed by atoms with Gasteiger partial charge in [0.1, 0.15) is 5.75 Å². The van der Waals surface area contributed by atoms with Gasteiger partial charge in [-0.05, 0) is 39.7 Å². The summed E-state index contributed by atoms with van der Waals surface area (Å²) < 4.78 is 5.67. The van der Waals surface area contributed by atoms with Crippen LogP contribution in [0.4, 0.5) is 0 Å². The summed E-state index contributed by atoms with van der Waals surface area (Å²) in [4.78, 5) is 4.33. The van der Waals surface area contributed by atoms with Crippen LogP contribution in [0.2, 0.25) is 0 Å². The molecule has 0 aliphatic rings. The summed E-state index contributed by atoms with van der Waals surface area (Å²) in [6.07, 6.45) is 5.70. The molecular weight excluding hydrogens is 224 g/mol. The third kappa shape index (κ3) is 6.40. The van der Waals surface area contributed by atoms with Gasteiger partial charge in [0.25, 0.3) is 0 Å². The average Bonchev–Trinajstić information content (AvgIpc) is 2.32. The summed E-state index contributed by atoms with van der Waals surface area (Å²) >= 11 is 0. The minimum absolute atomic E-state index is 0.0997. The molecule has 0 radical (unpaired) electrons. The molecular formula is C15H24N2O. The lowest BCUT2D eigenvalue weighted by molar-refractivity contribution is 0.311. The van der Waals surface area contributed by atoms with Crippen LogP contribution in [-0.2, 0) is 6.54 Å². The van der Waals surface area contributed by atoms with Crippen LogP contribution in [0, 0.1) is 0 Å². The molecule has 0 aliphatic carbocycles. The lowest BCUT2D eigenvalue weighted by Gasteiger charge is -2.20. The van der Waals surface area contributed by atoms with Gasteiger partial charge in [-0.2, -0.15) is 0 Å². The normalized spacial score (nSPS) is 11.3. The van der Waals surface area contributed by atoms with Crippen molar-refractivity contribution in [3.8, 4) is 5.75 Å². The summed E-state index contributed by atoms with van der Waals surface area (Å²) in [5, 5.41) is 3.41. The van der Waals surface area contributed by atoms with Crippen LogP contribution in [0.25, 0.3) is 0 Å². The van der Waals surface area contributed by atoms with Crippen molar-refractivity contribution in [2.75, 3.05) is 6.61 Å². The SMILES string of the molecule is C=CCCCOc1ccnc(CNC(C)(C)C)c1. The number of nitrogens with one attached hydrogen (secondary N) is 1. The van der Waals surface area contributed by atoms with E-state index in [1.54, 1.807) is 6.20 Å². The first-order chi connectivity index (χ1) is 8.51. The van der Waals surface area contributed by atoms with Gasteiger partial charge in [0.05, 0.1) is 12.3 Å². The van der Waals surface area contributed by atoms with Crippen molar-refractivity contribution in [2.45, 2.75) is 45.7 Å². The molecule has 1 aromatic heterocycles. The van der Waals surface area contributed by atoms with Gasteiger partial charge in [-0.25, -0.2) is 0 Å². The standard InChI is InChI=1S/C15H24N2O/c1-5-6-7-10-18-14-8-9-16-13(11-14)12-17-15(2,3)4/h5,8-9,11,17H,1,6-7,10,12H2,2-4H3. The molecule has 0 saturated carbocycles. The third-order valence-corrected chi connectivity index (χ3v) is 2.41. The van der Waals surface area contributed by atoms with Gasteiger partial charge in [-0.3, -0.25) is 4.98 Å². The highest BCUT2D eigenvalue weighted by Crippen LogP contribution is 2.12. The highest BCUT2D eigenvalue weighted by Gasteiger charge is 2.09. The molecule has 0 aromatic carbocycles. The Balaban J connectivity index is 2.43. The van der Waals surface area contributed by atoms with E-state index in [0.29, 0.717) is 0 Å². The van der Waals surface area contributed by atoms with E-state index in [1.165, 1.54) is 0 Å². The molecule has 1 aromatic rings. The fourth-order valence-electron chi connectivity index (χ4n) is 1.42. The van der Waals surface area contributed by atoms with Gasteiger partial charge < -0.3 is 10.1 Å². The number of pyridine rings is 1. The van der Waals surface area contributed by atoms with Crippen LogP contribution in [0.5, 0.6) is 5.75 Å². The van der Waals surface area contributed by atoms with Crippen molar-refractivity contribution >= 4 is 0 Å². The number of aromatic nitrogens is 1. The molecule has 3 heteroatoms. The molecule has 0 fully saturated rings. The van der Waals surface area contributed by atoms with Crippen molar-refractivity contribution < 1.29 is 4.74 Å². The van der Waals surface area contributed by atoms with Crippen molar-refractivity contribution in [1.82, 2.24) is 10.3 Å². The van der Waals surface area contributed by atoms with Crippen LogP contribution < -0.4 is 10.1 Å². The Morgan fingerprint density at radius 3 is 2.89 bits per heavy atom. The first-order valence-electron chi connectivity index (χ1n) is 6.45. The second-order valence-electron chi connectivity index (χ2n) is 5.37. The van der Waals surface area contributed by atoms with Crippen LogP contribution in [0.15, 0.2) is 31.0 Å². The summed E-state index contributed by atoms with van der Waals surface area (Å²) in [7, 11) is 0. The minimum Gasteiger partial charge on any atom is -0.493 e. The number of allylic oxidation sites excluding steroid dienone is 1. The monoisotopic (exact) mass is 248 g/mol. The van der Waals surface area contributed by atoms with Crippen molar-refractivity contribution in [2.24, 2.45) is 0 Å². The van der Waals surface area contributed by atoms with Crippen LogP contribution >= 0.6 is 0 Å². The Morgan fingerprint density at radius 2 is 2.22 bits per heavy atom. The van der Waals surface area contributed by atoms with Gasteiger partial charge in [0.2, 0.25) is 0 Å². The molecule has 1 heterocycles. The lowest BCUT2D eigenvalue weighted by Crippen LogP contribution is -2.35. The van der Waals surface area contributed by atoms with E-state index >= 15 is 0 Å². The van der Waals surface area contributed by atoms with E-state index in [2.05, 4.69) is 37.7 Å². The molecule has 0 atom stereocenters. The highest BCUT2D eigenvalue weighted by molar-refractivity contribution is 5.22. The maximum atomic E-state index is 5.67. The predicted octanol–water partition coefficient (Wildman–Crippen LogP) is 3.31. The maximum absolute atomic E-state index is 5.67. The van der Waals surface area contributed by atoms with E-state index in [-0.39, 0.29) is 5.54 Å². The fraction of sp³-hybridized carbons (Fsp3) is 0.533. The van der Waals surface area contributed by atoms with E-state index in [9.17, 15) is 0 Å². The molecule has 0 spiro atoms. The summed E-state index contributed by atoms with van der Waals surface area (Å²) in [6, 6.07) is 3.89. The Kier molecular flexibility index (Phi) is 5.86. The average molecular weight is 248 g/mol. The Hall–Kier alpha value is -1.35. The van der Waals surface area contributed by atoms with Gasteiger partial charge in [0.15, 0.2) is 0 Å². The van der Waals surface area contributed by atoms with E-state index in [1.807, 2.05) is 18.2 Å². The van der Waals surface area contributed by atoms with Crippen molar-refractivity contribution in [3.63, 3.8) is 0 Å². The van der Waals surface area contributed by atoms with Crippen LogP contribution in [0.1, 0.15) is 39.3 Å². The summed E-state index contributed by atoms with van der Waals surface area (Å²) in [5.74, 6) is 0.889. The van der Waals surface area contributed by atoms with Crippen molar-refractivity contribution in [3.05, 3.63) is 36.7 Å². The molecule has 1 N–H and O–H groups in total. The number of rotatable bonds is 7. The molecule has 0 unspecified atom stereocenters. The predicted molar refractivity (Wildman–Crippen MR) is 75.8 cm³/mol. The Bertz CT molecular complexity index is 369. The van der Waals surface area contributed by atoms with Crippen molar-refractivity contribution in [1.29, 1.82) is 0 Å². The molecule has 3 nitrogen and oxygen atoms in total. The first-order valence-corrected chi connectivity index (χ1v) is 6.45. The second kappa shape index (κ2) is 7.17. The highest BCUT2D eigenvalue weighted by atomic mass is 16.5. The third-order valence-electron chi connectivity index (χ3n) is 2.41. The number of hydrogen-bond acceptors (Lipinski definition) is 3. The maximum Gasteiger partial charge on any atom is 0.122 e. The van der Waals surface area contributed by atoms with E-state index in [4.69, 9.17) is 4.74 Å². The van der Waals surface area contributed by atoms with E-state index in [0.717, 1.165) is 37.4 Å². The quantitative estimate of drug-likeness (QED) is 0.594. The van der Waals surface area contributed by atoms with Gasteiger partial charge in [0, 0.05) is 24.3 Å². The van der Waals surface area contributed by atoms with Crippen LogP contribution in [-0.4, -0.2) is 17.1 Å². The molecule has 0 amide bonds. The molecule has 18 heavy (non-hydrogen) atoms. The summed E-state index contributed by atoms with van der Waals surface area (Å²) in [6.45, 7) is 11.6. The molecule has 1 rings (SSSR count). The number of ether oxygens (including phenoxy) is 1. The first kappa shape index (κ1) is 14.7. The zero-order valence-corrected chi connectivity index (χ0v) is 11.7. The second-order valence-corrected chi connectivity index (χ2v) is 5.37.